The second kappa shape index (κ2) is 6.61. The van der Waals surface area contributed by atoms with Crippen molar-refractivity contribution in [1.82, 2.24) is 4.90 Å². The lowest BCUT2D eigenvalue weighted by molar-refractivity contribution is -0.140. The van der Waals surface area contributed by atoms with E-state index >= 15 is 0 Å². The van der Waals surface area contributed by atoms with E-state index < -0.39 is 24.8 Å². The van der Waals surface area contributed by atoms with Crippen molar-refractivity contribution >= 4 is 12.1 Å². The second-order valence-corrected chi connectivity index (χ2v) is 3.69. The number of carbonyl (C=O) groups is 2. The Bertz CT molecular complexity index is 404. The van der Waals surface area contributed by atoms with Crippen molar-refractivity contribution in [3.63, 3.8) is 0 Å². The molecule has 1 aromatic carbocycles. The third-order valence-corrected chi connectivity index (χ3v) is 2.20. The lowest BCUT2D eigenvalue weighted by Crippen LogP contribution is -2.42. The first kappa shape index (κ1) is 14.0. The summed E-state index contributed by atoms with van der Waals surface area (Å²) < 4.78 is 4.92. The van der Waals surface area contributed by atoms with Gasteiger partial charge in [-0.1, -0.05) is 30.3 Å². The SMILES string of the molecule is CC(O)N(CC(=O)O)C(=O)OCc1ccccc1. The van der Waals surface area contributed by atoms with Crippen LogP contribution in [0.2, 0.25) is 0 Å². The van der Waals surface area contributed by atoms with E-state index in [0.29, 0.717) is 0 Å². The predicted octanol–water partition coefficient (Wildman–Crippen LogP) is 1.05. The fraction of sp³-hybridized carbons (Fsp3) is 0.333. The van der Waals surface area contributed by atoms with E-state index in [9.17, 15) is 14.7 Å². The number of carboxylic acid groups (broad SMARTS) is 1. The Kier molecular flexibility index (Phi) is 5.13. The van der Waals surface area contributed by atoms with Crippen molar-refractivity contribution in [2.24, 2.45) is 0 Å². The van der Waals surface area contributed by atoms with Crippen LogP contribution in [0.1, 0.15) is 12.5 Å². The number of carbonyl (C=O) groups excluding carboxylic acids is 1. The topological polar surface area (TPSA) is 87.1 Å². The Morgan fingerprint density at radius 2 is 1.94 bits per heavy atom. The first-order valence-electron chi connectivity index (χ1n) is 5.38. The Balaban J connectivity index is 2.54. The highest BCUT2D eigenvalue weighted by Gasteiger charge is 2.22. The molecular weight excluding hydrogens is 238 g/mol. The zero-order chi connectivity index (χ0) is 13.5. The van der Waals surface area contributed by atoms with Gasteiger partial charge < -0.3 is 14.9 Å². The summed E-state index contributed by atoms with van der Waals surface area (Å²) in [5.74, 6) is -1.22. The van der Waals surface area contributed by atoms with E-state index in [0.717, 1.165) is 10.5 Å². The minimum atomic E-state index is -1.22. The molecule has 1 amide bonds. The maximum absolute atomic E-state index is 11.6. The molecule has 0 fully saturated rings. The number of amides is 1. The molecule has 0 bridgehead atoms. The Labute approximate surface area is 104 Å². The average molecular weight is 253 g/mol. The molecule has 0 radical (unpaired) electrons. The first-order valence-corrected chi connectivity index (χ1v) is 5.38. The fourth-order valence-electron chi connectivity index (χ4n) is 1.30. The van der Waals surface area contributed by atoms with Crippen molar-refractivity contribution in [1.29, 1.82) is 0 Å². The van der Waals surface area contributed by atoms with Crippen LogP contribution < -0.4 is 0 Å². The van der Waals surface area contributed by atoms with Gasteiger partial charge in [0.1, 0.15) is 19.4 Å². The number of hydrogen-bond acceptors (Lipinski definition) is 4. The van der Waals surface area contributed by atoms with Crippen LogP contribution in [0.3, 0.4) is 0 Å². The average Bonchev–Trinajstić information content (AvgIpc) is 2.34. The van der Waals surface area contributed by atoms with Gasteiger partial charge in [-0.25, -0.2) is 4.79 Å². The summed E-state index contributed by atoms with van der Waals surface area (Å²) in [7, 11) is 0. The quantitative estimate of drug-likeness (QED) is 0.766. The summed E-state index contributed by atoms with van der Waals surface area (Å²) in [6.07, 6.45) is -2.08. The summed E-state index contributed by atoms with van der Waals surface area (Å²) in [6, 6.07) is 8.98. The second-order valence-electron chi connectivity index (χ2n) is 3.69. The van der Waals surface area contributed by atoms with Gasteiger partial charge in [-0.05, 0) is 12.5 Å². The van der Waals surface area contributed by atoms with E-state index in [1.807, 2.05) is 6.07 Å². The lowest BCUT2D eigenvalue weighted by Gasteiger charge is -2.22. The normalized spacial score (nSPS) is 11.7. The maximum Gasteiger partial charge on any atom is 0.412 e. The van der Waals surface area contributed by atoms with E-state index in [1.54, 1.807) is 24.3 Å². The molecule has 1 aromatic rings. The van der Waals surface area contributed by atoms with Crippen LogP contribution in [-0.4, -0.2) is 39.9 Å². The zero-order valence-corrected chi connectivity index (χ0v) is 9.94. The maximum atomic E-state index is 11.6. The summed E-state index contributed by atoms with van der Waals surface area (Å²) in [5, 5.41) is 17.9. The molecule has 1 rings (SSSR count). The van der Waals surface area contributed by atoms with Crippen molar-refractivity contribution in [3.8, 4) is 0 Å². The van der Waals surface area contributed by atoms with Crippen LogP contribution >= 0.6 is 0 Å². The monoisotopic (exact) mass is 253 g/mol. The molecule has 0 aliphatic rings. The molecule has 2 N–H and O–H groups in total. The van der Waals surface area contributed by atoms with Crippen LogP contribution in [-0.2, 0) is 16.1 Å². The highest BCUT2D eigenvalue weighted by molar-refractivity contribution is 5.76. The molecule has 0 aliphatic carbocycles. The zero-order valence-electron chi connectivity index (χ0n) is 9.94. The third kappa shape index (κ3) is 4.42. The first-order chi connectivity index (χ1) is 8.50. The molecule has 0 saturated carbocycles. The highest BCUT2D eigenvalue weighted by Crippen LogP contribution is 2.05. The van der Waals surface area contributed by atoms with Gasteiger partial charge in [0, 0.05) is 0 Å². The van der Waals surface area contributed by atoms with Crippen molar-refractivity contribution < 1.29 is 24.5 Å². The number of carboxylic acids is 1. The Morgan fingerprint density at radius 1 is 1.33 bits per heavy atom. The summed E-state index contributed by atoms with van der Waals surface area (Å²) in [5.41, 5.74) is 0.784. The third-order valence-electron chi connectivity index (χ3n) is 2.20. The molecular formula is C12H15NO5. The van der Waals surface area contributed by atoms with Crippen LogP contribution in [0.5, 0.6) is 0 Å². The lowest BCUT2D eigenvalue weighted by atomic mass is 10.2. The van der Waals surface area contributed by atoms with Gasteiger partial charge >= 0.3 is 12.1 Å². The standard InChI is InChI=1S/C12H15NO5/c1-9(14)13(7-11(15)16)12(17)18-8-10-5-3-2-4-6-10/h2-6,9,14H,7-8H2,1H3,(H,15,16). The van der Waals surface area contributed by atoms with Gasteiger partial charge in [-0.15, -0.1) is 0 Å². The summed E-state index contributed by atoms with van der Waals surface area (Å²) in [4.78, 5) is 22.8. The molecule has 6 heteroatoms. The minimum absolute atomic E-state index is 0.0303. The van der Waals surface area contributed by atoms with Gasteiger partial charge in [-0.2, -0.15) is 0 Å². The number of aliphatic hydroxyl groups excluding tert-OH is 1. The largest absolute Gasteiger partial charge is 0.480 e. The van der Waals surface area contributed by atoms with Gasteiger partial charge in [0.2, 0.25) is 0 Å². The minimum Gasteiger partial charge on any atom is -0.480 e. The van der Waals surface area contributed by atoms with Crippen LogP contribution in [0.25, 0.3) is 0 Å². The van der Waals surface area contributed by atoms with Crippen molar-refractivity contribution in [2.75, 3.05) is 6.54 Å². The van der Waals surface area contributed by atoms with E-state index in [4.69, 9.17) is 9.84 Å². The van der Waals surface area contributed by atoms with Gasteiger partial charge in [0.05, 0.1) is 0 Å². The summed E-state index contributed by atoms with van der Waals surface area (Å²) in [6.45, 7) is 0.723. The number of aliphatic hydroxyl groups is 1. The number of ether oxygens (including phenoxy) is 1. The number of hydrogen-bond donors (Lipinski definition) is 2. The molecule has 0 heterocycles. The van der Waals surface area contributed by atoms with E-state index in [-0.39, 0.29) is 6.61 Å². The number of benzene rings is 1. The number of aliphatic carboxylic acids is 1. The number of nitrogens with zero attached hydrogens (tertiary/aromatic N) is 1. The van der Waals surface area contributed by atoms with Gasteiger partial charge in [0.15, 0.2) is 0 Å². The Morgan fingerprint density at radius 3 is 2.44 bits per heavy atom. The van der Waals surface area contributed by atoms with E-state index in [2.05, 4.69) is 0 Å². The van der Waals surface area contributed by atoms with Gasteiger partial charge in [0.25, 0.3) is 0 Å². The predicted molar refractivity (Wildman–Crippen MR) is 62.6 cm³/mol. The smallest absolute Gasteiger partial charge is 0.412 e. The molecule has 6 nitrogen and oxygen atoms in total. The molecule has 1 unspecified atom stereocenters. The highest BCUT2D eigenvalue weighted by atomic mass is 16.6. The Hall–Kier alpha value is -2.08. The van der Waals surface area contributed by atoms with Crippen LogP contribution in [0.15, 0.2) is 30.3 Å². The molecule has 1 atom stereocenters. The van der Waals surface area contributed by atoms with Crippen molar-refractivity contribution in [2.45, 2.75) is 19.8 Å². The molecule has 0 aromatic heterocycles. The summed E-state index contributed by atoms with van der Waals surface area (Å²) >= 11 is 0. The molecule has 0 saturated heterocycles. The van der Waals surface area contributed by atoms with E-state index in [1.165, 1.54) is 6.92 Å². The number of rotatable bonds is 5. The van der Waals surface area contributed by atoms with Gasteiger partial charge in [-0.3, -0.25) is 9.69 Å². The van der Waals surface area contributed by atoms with Crippen molar-refractivity contribution in [3.05, 3.63) is 35.9 Å². The molecule has 0 spiro atoms. The molecule has 98 valence electrons. The molecule has 18 heavy (non-hydrogen) atoms. The molecule has 0 aliphatic heterocycles. The fourth-order valence-corrected chi connectivity index (χ4v) is 1.30. The van der Waals surface area contributed by atoms with Crippen LogP contribution in [0, 0.1) is 0 Å². The van der Waals surface area contributed by atoms with Crippen LogP contribution in [0.4, 0.5) is 4.79 Å².